The van der Waals surface area contributed by atoms with Gasteiger partial charge >= 0.3 is 6.09 Å². The summed E-state index contributed by atoms with van der Waals surface area (Å²) >= 11 is 0. The zero-order chi connectivity index (χ0) is 50.7. The lowest BCUT2D eigenvalue weighted by molar-refractivity contribution is -0.129. The van der Waals surface area contributed by atoms with Crippen LogP contribution in [0.4, 0.5) is 9.18 Å². The lowest BCUT2D eigenvalue weighted by Gasteiger charge is -2.59. The Hall–Kier alpha value is -5.58. The molecule has 5 heterocycles. The molecule has 0 bridgehead atoms. The molecule has 1 saturated carbocycles. The van der Waals surface area contributed by atoms with Gasteiger partial charge in [0.15, 0.2) is 0 Å². The Morgan fingerprint density at radius 2 is 1.72 bits per heavy atom. The van der Waals surface area contributed by atoms with Gasteiger partial charge in [-0.2, -0.15) is 0 Å². The summed E-state index contributed by atoms with van der Waals surface area (Å²) in [4.78, 5) is 57.5. The van der Waals surface area contributed by atoms with E-state index in [-0.39, 0.29) is 57.5 Å². The fourth-order valence-corrected chi connectivity index (χ4v) is 14.4. The number of amides is 2. The number of benzene rings is 3. The van der Waals surface area contributed by atoms with Crippen molar-refractivity contribution in [1.82, 2.24) is 19.4 Å². The van der Waals surface area contributed by atoms with Crippen LogP contribution in [0.3, 0.4) is 0 Å². The van der Waals surface area contributed by atoms with Crippen molar-refractivity contribution in [2.75, 3.05) is 19.7 Å². The van der Waals surface area contributed by atoms with Crippen molar-refractivity contribution >= 4 is 51.0 Å². The largest absolute Gasteiger partial charge is 0.508 e. The van der Waals surface area contributed by atoms with Crippen molar-refractivity contribution in [2.24, 2.45) is 11.1 Å². The van der Waals surface area contributed by atoms with Gasteiger partial charge in [-0.3, -0.25) is 19.3 Å². The molecule has 376 valence electrons. The number of hydrogen-bond acceptors (Lipinski definition) is 12. The number of likely N-dealkylation sites (tertiary alicyclic amines) is 1. The van der Waals surface area contributed by atoms with E-state index in [1.165, 1.54) is 36.1 Å². The monoisotopic (exact) mass is 1010 g/mol. The number of phenols is 2. The van der Waals surface area contributed by atoms with Crippen LogP contribution < -0.4 is 11.3 Å². The molecule has 1 unspecified atom stereocenters. The van der Waals surface area contributed by atoms with Gasteiger partial charge in [-0.1, -0.05) is 67.5 Å². The van der Waals surface area contributed by atoms with E-state index < -0.39 is 6.09 Å². The zero-order valence-corrected chi connectivity index (χ0v) is 43.3. The maximum absolute atomic E-state index is 14.6. The number of nitrogens with two attached hydrogens (primary N) is 1. The Morgan fingerprint density at radius 1 is 0.986 bits per heavy atom. The molecule has 1 atom stereocenters. The molecule has 16 heteroatoms. The van der Waals surface area contributed by atoms with Gasteiger partial charge in [-0.05, 0) is 133 Å². The normalized spacial score (nSPS) is 16.9. The van der Waals surface area contributed by atoms with Crippen LogP contribution in [-0.4, -0.2) is 77.7 Å². The highest BCUT2D eigenvalue weighted by Gasteiger charge is 2.52. The number of aromatic hydroxyl groups is 2. The number of carbonyl (C=O) groups excluding carboxylic acids is 3. The van der Waals surface area contributed by atoms with E-state index in [0.29, 0.717) is 65.6 Å². The summed E-state index contributed by atoms with van der Waals surface area (Å²) in [7, 11) is 3.68. The van der Waals surface area contributed by atoms with Gasteiger partial charge in [-0.15, -0.1) is 0 Å². The Morgan fingerprint density at radius 3 is 2.42 bits per heavy atom. The Labute approximate surface area is 422 Å². The highest BCUT2D eigenvalue weighted by atomic mass is 33.1. The van der Waals surface area contributed by atoms with Crippen LogP contribution in [0.5, 0.6) is 11.5 Å². The van der Waals surface area contributed by atoms with Crippen LogP contribution in [0.2, 0.25) is 0 Å². The van der Waals surface area contributed by atoms with Crippen molar-refractivity contribution in [1.29, 1.82) is 0 Å². The summed E-state index contributed by atoms with van der Waals surface area (Å²) in [5.41, 5.74) is 17.5. The van der Waals surface area contributed by atoms with Gasteiger partial charge < -0.3 is 34.9 Å². The highest BCUT2D eigenvalue weighted by molar-refractivity contribution is 8.77. The Kier molecular flexibility index (Phi) is 14.0. The first-order valence-corrected chi connectivity index (χ1v) is 26.9. The van der Waals surface area contributed by atoms with E-state index in [4.69, 9.17) is 20.2 Å². The number of aryl methyl sites for hydroxylation is 2. The first-order valence-electron chi connectivity index (χ1n) is 24.7. The van der Waals surface area contributed by atoms with Crippen molar-refractivity contribution in [3.05, 3.63) is 120 Å². The molecule has 13 nitrogen and oxygen atoms in total. The molecule has 1 saturated heterocycles. The average molecular weight is 1010 g/mol. The Bertz CT molecular complexity index is 3010. The van der Waals surface area contributed by atoms with Crippen molar-refractivity contribution in [3.8, 4) is 22.9 Å². The van der Waals surface area contributed by atoms with Gasteiger partial charge in [0.2, 0.25) is 0 Å². The van der Waals surface area contributed by atoms with E-state index in [1.807, 2.05) is 37.6 Å². The first-order chi connectivity index (χ1) is 33.8. The van der Waals surface area contributed by atoms with Gasteiger partial charge in [0.1, 0.15) is 30.5 Å². The second-order valence-electron chi connectivity index (χ2n) is 21.3. The summed E-state index contributed by atoms with van der Waals surface area (Å²) in [6.07, 6.45) is 5.29. The molecule has 5 aliphatic rings. The van der Waals surface area contributed by atoms with E-state index in [9.17, 15) is 33.8 Å². The minimum Gasteiger partial charge on any atom is -0.508 e. The molecule has 71 heavy (non-hydrogen) atoms. The molecule has 5 aromatic rings. The first kappa shape index (κ1) is 50.4. The number of carbonyl (C=O) groups is 3. The maximum Gasteiger partial charge on any atom is 0.404 e. The number of ether oxygens (including phenoxy) is 2. The number of fused-ring (bicyclic) bond motifs is 5. The molecule has 10 rings (SSSR count). The van der Waals surface area contributed by atoms with Gasteiger partial charge in [0.25, 0.3) is 17.9 Å². The average Bonchev–Trinajstić information content (AvgIpc) is 3.91. The third-order valence-corrected chi connectivity index (χ3v) is 18.9. The topological polar surface area (TPSA) is 178 Å². The highest BCUT2D eigenvalue weighted by Crippen LogP contribution is 2.57. The van der Waals surface area contributed by atoms with Crippen molar-refractivity contribution in [2.45, 2.75) is 142 Å². The predicted molar refractivity (Wildman–Crippen MR) is 276 cm³/mol. The van der Waals surface area contributed by atoms with Crippen LogP contribution in [-0.2, 0) is 59.9 Å². The second-order valence-corrected chi connectivity index (χ2v) is 24.5. The predicted octanol–water partition coefficient (Wildman–Crippen LogP) is 10.1. The van der Waals surface area contributed by atoms with E-state index in [1.54, 1.807) is 26.3 Å². The summed E-state index contributed by atoms with van der Waals surface area (Å²) in [6, 6.07) is 13.0. The minimum absolute atomic E-state index is 0.0114. The van der Waals surface area contributed by atoms with Crippen LogP contribution in [0, 0.1) is 18.2 Å². The standard InChI is InChI=1S/C30H39N3O5S2.C25H25FN2O3/c1-18(2)23-8-24(26(35)9-25(23)34)27(36)33-13-20-6-5-19(7-21(20)14-33)12-32-15-30(16-32)10-22(11-30)39-40-29(3,4)17-38-28(31)37;1-4-13(2)17-8-22-24-18(10-28(22)25(30)19(17)11-31-12-29)16-7-5-6-15-14(3)20(26)9-21(27-24)23(15)16/h5-9,18,22,34-35H,10-17H2,1-4H3,(H2,31,37);8-9,12-13H,4-7,10-11H2,1-3H3. The molecule has 2 amide bonds. The van der Waals surface area contributed by atoms with Crippen LogP contribution in [0.15, 0.2) is 47.3 Å². The minimum atomic E-state index is -0.723. The van der Waals surface area contributed by atoms with Crippen molar-refractivity contribution < 1.29 is 38.5 Å². The second kappa shape index (κ2) is 19.8. The summed E-state index contributed by atoms with van der Waals surface area (Å²) in [6.45, 7) is 19.3. The molecule has 4 N–H and O–H groups in total. The van der Waals surface area contributed by atoms with Crippen LogP contribution in [0.25, 0.3) is 22.3 Å². The number of rotatable bonds is 14. The fourth-order valence-electron chi connectivity index (χ4n) is 11.3. The third kappa shape index (κ3) is 9.88. The number of halogens is 1. The fraction of sp³-hybridized carbons (Fsp3) is 0.473. The molecule has 2 aliphatic carbocycles. The third-order valence-electron chi connectivity index (χ3n) is 15.2. The number of hydrogen-bond donors (Lipinski definition) is 3. The molecule has 2 fully saturated rings. The number of primary amides is 1. The number of phenolic OH excluding ortho intramolecular Hbond substituents is 2. The number of pyridine rings is 2. The molecule has 1 spiro atoms. The van der Waals surface area contributed by atoms with Crippen LogP contribution >= 0.6 is 21.6 Å². The molecular formula is C55H64FN5O8S2. The summed E-state index contributed by atoms with van der Waals surface area (Å²) in [5.74, 6) is -0.445. The summed E-state index contributed by atoms with van der Waals surface area (Å²) < 4.78 is 26.1. The van der Waals surface area contributed by atoms with Gasteiger partial charge in [-0.25, -0.2) is 14.2 Å². The van der Waals surface area contributed by atoms with E-state index in [0.717, 1.165) is 89.9 Å². The van der Waals surface area contributed by atoms with Crippen LogP contribution in [0.1, 0.15) is 145 Å². The molecular weight excluding hydrogens is 942 g/mol. The van der Waals surface area contributed by atoms with Crippen molar-refractivity contribution in [3.63, 3.8) is 0 Å². The smallest absolute Gasteiger partial charge is 0.404 e. The molecule has 2 aromatic heterocycles. The quantitative estimate of drug-likeness (QED) is 0.0696. The number of nitrogens with zero attached hydrogens (tertiary/aromatic N) is 4. The number of aromatic nitrogens is 2. The molecule has 3 aliphatic heterocycles. The maximum atomic E-state index is 14.6. The molecule has 0 radical (unpaired) electrons. The lowest BCUT2D eigenvalue weighted by Crippen LogP contribution is -2.62. The van der Waals surface area contributed by atoms with E-state index in [2.05, 4.69) is 50.8 Å². The zero-order valence-electron chi connectivity index (χ0n) is 41.7. The lowest BCUT2D eigenvalue weighted by atomic mass is 9.63. The summed E-state index contributed by atoms with van der Waals surface area (Å²) in [5, 5.41) is 22.2. The van der Waals surface area contributed by atoms with Gasteiger partial charge in [0.05, 0.1) is 39.3 Å². The Balaban J connectivity index is 0.000000181. The SMILES string of the molecule is CC(C)c1cc(C(=O)N2Cc3ccc(CN4CC5(CC(SSC(C)(C)COC(N)=O)C5)C4)cc3C2)c(O)cc1O.CCC(C)c1cc2n(c(=O)c1COC=O)Cc1c-2nc2cc(F)c(C)c3c2c1CCC3. The van der Waals surface area contributed by atoms with E-state index >= 15 is 0 Å². The van der Waals surface area contributed by atoms with Gasteiger partial charge in [0, 0.05) is 61.1 Å². The molecule has 3 aromatic carbocycles.